The Morgan fingerprint density at radius 3 is 2.75 bits per heavy atom. The van der Waals surface area contributed by atoms with Gasteiger partial charge in [-0.15, -0.1) is 0 Å². The molecule has 9 nitrogen and oxygen atoms in total. The summed E-state index contributed by atoms with van der Waals surface area (Å²) < 4.78 is 5.32. The van der Waals surface area contributed by atoms with E-state index in [0.29, 0.717) is 36.5 Å². The summed E-state index contributed by atoms with van der Waals surface area (Å²) >= 11 is 0. The third-order valence-electron chi connectivity index (χ3n) is 3.41. The van der Waals surface area contributed by atoms with E-state index in [1.165, 1.54) is 18.3 Å². The number of rotatable bonds is 4. The number of nitrogens with zero attached hydrogens (tertiary/aromatic N) is 5. The molecule has 1 aliphatic heterocycles. The number of aryl methyl sites for hydroxylation is 1. The van der Waals surface area contributed by atoms with E-state index >= 15 is 0 Å². The Kier molecular flexibility index (Phi) is 4.71. The summed E-state index contributed by atoms with van der Waals surface area (Å²) in [6, 6.07) is 4.25. The molecule has 1 aliphatic rings. The van der Waals surface area contributed by atoms with Gasteiger partial charge in [-0.3, -0.25) is 0 Å². The van der Waals surface area contributed by atoms with Crippen LogP contribution in [0.4, 0.5) is 11.9 Å². The van der Waals surface area contributed by atoms with Gasteiger partial charge in [-0.2, -0.15) is 20.1 Å². The van der Waals surface area contributed by atoms with E-state index in [4.69, 9.17) is 4.74 Å². The summed E-state index contributed by atoms with van der Waals surface area (Å²) in [4.78, 5) is 14.9. The number of morpholine rings is 1. The first-order valence-electron chi connectivity index (χ1n) is 7.48. The molecule has 1 fully saturated rings. The van der Waals surface area contributed by atoms with E-state index < -0.39 is 0 Å². The molecular weight excluding hydrogens is 312 g/mol. The number of ether oxygens (including phenoxy) is 1. The maximum Gasteiger partial charge on any atom is 0.248 e. The van der Waals surface area contributed by atoms with Gasteiger partial charge in [0.1, 0.15) is 17.3 Å². The molecule has 126 valence electrons. The third-order valence-corrected chi connectivity index (χ3v) is 3.41. The number of anilines is 2. The first-order valence-corrected chi connectivity index (χ1v) is 7.48. The minimum absolute atomic E-state index is 0.0131. The van der Waals surface area contributed by atoms with Crippen LogP contribution < -0.4 is 10.3 Å². The quantitative estimate of drug-likeness (QED) is 0.559. The molecule has 1 aromatic carbocycles. The number of hydrazone groups is 1. The highest BCUT2D eigenvalue weighted by Gasteiger charge is 2.15. The summed E-state index contributed by atoms with van der Waals surface area (Å²) in [6.07, 6.45) is 1.42. The smallest absolute Gasteiger partial charge is 0.248 e. The fraction of sp³-hybridized carbons (Fsp3) is 0.333. The molecule has 1 aromatic heterocycles. The highest BCUT2D eigenvalue weighted by atomic mass is 16.5. The molecule has 3 N–H and O–H groups in total. The monoisotopic (exact) mass is 330 g/mol. The maximum atomic E-state index is 9.71. The number of hydrogen-bond acceptors (Lipinski definition) is 9. The van der Waals surface area contributed by atoms with Gasteiger partial charge < -0.3 is 19.8 Å². The molecule has 2 aromatic rings. The normalized spacial score (nSPS) is 15.0. The van der Waals surface area contributed by atoms with E-state index in [1.807, 2.05) is 4.90 Å². The van der Waals surface area contributed by atoms with Crippen LogP contribution in [0.25, 0.3) is 0 Å². The van der Waals surface area contributed by atoms with Crippen molar-refractivity contribution < 1.29 is 14.9 Å². The zero-order chi connectivity index (χ0) is 16.9. The predicted molar refractivity (Wildman–Crippen MR) is 88.6 cm³/mol. The van der Waals surface area contributed by atoms with Gasteiger partial charge in [-0.25, -0.2) is 5.43 Å². The average Bonchev–Trinajstić information content (AvgIpc) is 2.57. The minimum Gasteiger partial charge on any atom is -0.508 e. The van der Waals surface area contributed by atoms with E-state index in [-0.39, 0.29) is 11.5 Å². The van der Waals surface area contributed by atoms with E-state index in [1.54, 1.807) is 13.0 Å². The molecule has 0 bridgehead atoms. The van der Waals surface area contributed by atoms with Crippen molar-refractivity contribution >= 4 is 18.1 Å². The van der Waals surface area contributed by atoms with Crippen LogP contribution in [0.2, 0.25) is 0 Å². The lowest BCUT2D eigenvalue weighted by Gasteiger charge is -2.26. The topological polar surface area (TPSA) is 116 Å². The van der Waals surface area contributed by atoms with Crippen molar-refractivity contribution in [2.75, 3.05) is 36.6 Å². The average molecular weight is 330 g/mol. The molecule has 0 atom stereocenters. The van der Waals surface area contributed by atoms with Crippen LogP contribution in [0.3, 0.4) is 0 Å². The Morgan fingerprint density at radius 2 is 2.00 bits per heavy atom. The predicted octanol–water partition coefficient (Wildman–Crippen LogP) is 0.874. The first kappa shape index (κ1) is 15.9. The lowest BCUT2D eigenvalue weighted by atomic mass is 10.2. The van der Waals surface area contributed by atoms with Gasteiger partial charge in [0, 0.05) is 24.7 Å². The van der Waals surface area contributed by atoms with Crippen molar-refractivity contribution in [1.82, 2.24) is 15.0 Å². The molecule has 9 heteroatoms. The Labute approximate surface area is 138 Å². The standard InChI is InChI=1S/C15H18N6O3/c1-10-17-14(19-15(18-10)21-4-6-24-7-5-21)20-16-9-11-2-3-12(22)8-13(11)23/h2-3,8-9,22-23H,4-7H2,1H3,(H,17,18,19,20)/b16-9+. The SMILES string of the molecule is Cc1nc(N/N=C/c2ccc(O)cc2O)nc(N2CCOCC2)n1. The molecular formula is C15H18N6O3. The number of hydrogen-bond donors (Lipinski definition) is 3. The van der Waals surface area contributed by atoms with Crippen molar-refractivity contribution in [3.05, 3.63) is 29.6 Å². The molecule has 0 radical (unpaired) electrons. The summed E-state index contributed by atoms with van der Waals surface area (Å²) in [5, 5.41) is 23.0. The Bertz CT molecular complexity index is 746. The van der Waals surface area contributed by atoms with Crippen molar-refractivity contribution in [1.29, 1.82) is 0 Å². The number of benzene rings is 1. The fourth-order valence-electron chi connectivity index (χ4n) is 2.22. The lowest BCUT2D eigenvalue weighted by Crippen LogP contribution is -2.37. The number of phenols is 2. The highest BCUT2D eigenvalue weighted by molar-refractivity contribution is 5.84. The second kappa shape index (κ2) is 7.09. The van der Waals surface area contributed by atoms with Crippen LogP contribution in [-0.4, -0.2) is 57.7 Å². The molecule has 0 saturated carbocycles. The molecule has 0 aliphatic carbocycles. The zero-order valence-corrected chi connectivity index (χ0v) is 13.2. The molecule has 1 saturated heterocycles. The van der Waals surface area contributed by atoms with Crippen LogP contribution in [0, 0.1) is 6.92 Å². The van der Waals surface area contributed by atoms with Gasteiger partial charge in [-0.1, -0.05) is 0 Å². The molecule has 0 spiro atoms. The molecule has 0 unspecified atom stereocenters. The first-order chi connectivity index (χ1) is 11.6. The summed E-state index contributed by atoms with van der Waals surface area (Å²) in [5.74, 6) is 1.40. The van der Waals surface area contributed by atoms with Crippen molar-refractivity contribution in [2.45, 2.75) is 6.92 Å². The number of phenolic OH excluding ortho intramolecular Hbond substituents is 2. The van der Waals surface area contributed by atoms with Crippen LogP contribution in [0.5, 0.6) is 11.5 Å². The minimum atomic E-state index is -0.0682. The summed E-state index contributed by atoms with van der Waals surface area (Å²) in [5.41, 5.74) is 3.19. The lowest BCUT2D eigenvalue weighted by molar-refractivity contribution is 0.122. The van der Waals surface area contributed by atoms with Crippen LogP contribution >= 0.6 is 0 Å². The van der Waals surface area contributed by atoms with E-state index in [0.717, 1.165) is 13.1 Å². The molecule has 24 heavy (non-hydrogen) atoms. The maximum absolute atomic E-state index is 9.71. The Hall–Kier alpha value is -2.94. The Balaban J connectivity index is 1.72. The fourth-order valence-corrected chi connectivity index (χ4v) is 2.22. The summed E-state index contributed by atoms with van der Waals surface area (Å²) in [6.45, 7) is 4.53. The van der Waals surface area contributed by atoms with Crippen molar-refractivity contribution in [3.63, 3.8) is 0 Å². The summed E-state index contributed by atoms with van der Waals surface area (Å²) in [7, 11) is 0. The van der Waals surface area contributed by atoms with Crippen molar-refractivity contribution in [3.8, 4) is 11.5 Å². The van der Waals surface area contributed by atoms with Crippen molar-refractivity contribution in [2.24, 2.45) is 5.10 Å². The van der Waals surface area contributed by atoms with Gasteiger partial charge in [-0.05, 0) is 19.1 Å². The second-order valence-electron chi connectivity index (χ2n) is 5.22. The van der Waals surface area contributed by atoms with Crippen LogP contribution in [0.1, 0.15) is 11.4 Å². The highest BCUT2D eigenvalue weighted by Crippen LogP contribution is 2.20. The third kappa shape index (κ3) is 3.87. The number of aromatic hydroxyl groups is 2. The number of aromatic nitrogens is 3. The van der Waals surface area contributed by atoms with Gasteiger partial charge in [0.2, 0.25) is 11.9 Å². The van der Waals surface area contributed by atoms with E-state index in [2.05, 4.69) is 25.5 Å². The van der Waals surface area contributed by atoms with Crippen LogP contribution in [-0.2, 0) is 4.74 Å². The van der Waals surface area contributed by atoms with Gasteiger partial charge in [0.25, 0.3) is 0 Å². The number of nitrogens with one attached hydrogen (secondary N) is 1. The van der Waals surface area contributed by atoms with E-state index in [9.17, 15) is 10.2 Å². The van der Waals surface area contributed by atoms with Gasteiger partial charge in [0.15, 0.2) is 0 Å². The molecule has 2 heterocycles. The van der Waals surface area contributed by atoms with Gasteiger partial charge in [0.05, 0.1) is 19.4 Å². The zero-order valence-electron chi connectivity index (χ0n) is 13.2. The van der Waals surface area contributed by atoms with Gasteiger partial charge >= 0.3 is 0 Å². The Morgan fingerprint density at radius 1 is 1.21 bits per heavy atom. The second-order valence-corrected chi connectivity index (χ2v) is 5.22. The largest absolute Gasteiger partial charge is 0.508 e. The molecule has 0 amide bonds. The molecule has 3 rings (SSSR count). The van der Waals surface area contributed by atoms with Crippen LogP contribution in [0.15, 0.2) is 23.3 Å².